The predicted octanol–water partition coefficient (Wildman–Crippen LogP) is -1.15. The van der Waals surface area contributed by atoms with E-state index in [1.807, 2.05) is 0 Å². The Morgan fingerprint density at radius 3 is 2.68 bits per heavy atom. The summed E-state index contributed by atoms with van der Waals surface area (Å²) in [6, 6.07) is -0.628. The Balaban J connectivity index is 1.63. The van der Waals surface area contributed by atoms with E-state index in [0.717, 1.165) is 0 Å². The number of nitrogens with zero attached hydrogens (tertiary/aromatic N) is 4. The van der Waals surface area contributed by atoms with Crippen LogP contribution in [0.2, 0.25) is 0 Å². The van der Waals surface area contributed by atoms with Gasteiger partial charge in [0.2, 0.25) is 5.91 Å². The first-order valence-electron chi connectivity index (χ1n) is 5.82. The van der Waals surface area contributed by atoms with E-state index in [-0.39, 0.29) is 36.1 Å². The molecule has 4 amide bonds. The fourth-order valence-electron chi connectivity index (χ4n) is 2.16. The molecule has 8 nitrogen and oxygen atoms in total. The number of carbonyl (C=O) groups excluding carboxylic acids is 3. The predicted molar refractivity (Wildman–Crippen MR) is 62.0 cm³/mol. The second kappa shape index (κ2) is 4.30. The van der Waals surface area contributed by atoms with Gasteiger partial charge in [0, 0.05) is 25.5 Å². The highest BCUT2D eigenvalue weighted by atomic mass is 16.2. The van der Waals surface area contributed by atoms with E-state index < -0.39 is 0 Å². The van der Waals surface area contributed by atoms with Gasteiger partial charge in [-0.3, -0.25) is 19.5 Å². The number of urea groups is 1. The molecule has 0 saturated carbocycles. The van der Waals surface area contributed by atoms with Crippen LogP contribution in [0.4, 0.5) is 4.79 Å². The zero-order valence-corrected chi connectivity index (χ0v) is 9.94. The summed E-state index contributed by atoms with van der Waals surface area (Å²) in [6.45, 7) is 0.719. The summed E-state index contributed by atoms with van der Waals surface area (Å²) >= 11 is 0. The van der Waals surface area contributed by atoms with Crippen LogP contribution in [-0.4, -0.2) is 63.3 Å². The third kappa shape index (κ3) is 1.90. The first-order valence-corrected chi connectivity index (χ1v) is 5.82. The second-order valence-electron chi connectivity index (χ2n) is 4.38. The van der Waals surface area contributed by atoms with Crippen LogP contribution < -0.4 is 5.32 Å². The Morgan fingerprint density at radius 2 is 2.11 bits per heavy atom. The quantitative estimate of drug-likeness (QED) is 0.678. The monoisotopic (exact) mass is 261 g/mol. The molecule has 0 aliphatic carbocycles. The molecule has 1 aromatic rings. The minimum absolute atomic E-state index is 0.0352. The van der Waals surface area contributed by atoms with Crippen molar-refractivity contribution in [3.05, 3.63) is 24.3 Å². The van der Waals surface area contributed by atoms with E-state index in [2.05, 4.69) is 15.3 Å². The molecule has 1 N–H and O–H groups in total. The fraction of sp³-hybridized carbons (Fsp3) is 0.364. The van der Waals surface area contributed by atoms with Gasteiger partial charge in [0.1, 0.15) is 5.69 Å². The molecular formula is C11H11N5O3. The highest BCUT2D eigenvalue weighted by Crippen LogP contribution is 2.19. The number of hydrogen-bond acceptors (Lipinski definition) is 5. The van der Waals surface area contributed by atoms with Gasteiger partial charge in [-0.2, -0.15) is 0 Å². The van der Waals surface area contributed by atoms with Crippen molar-refractivity contribution in [2.75, 3.05) is 19.6 Å². The summed E-state index contributed by atoms with van der Waals surface area (Å²) in [7, 11) is 0. The maximum Gasteiger partial charge on any atom is 0.324 e. The number of hydrogen-bond donors (Lipinski definition) is 1. The number of nitrogens with one attached hydrogen (secondary N) is 1. The van der Waals surface area contributed by atoms with E-state index in [4.69, 9.17) is 0 Å². The second-order valence-corrected chi connectivity index (χ2v) is 4.38. The van der Waals surface area contributed by atoms with Gasteiger partial charge < -0.3 is 10.2 Å². The molecule has 19 heavy (non-hydrogen) atoms. The van der Waals surface area contributed by atoms with E-state index in [1.165, 1.54) is 28.4 Å². The third-order valence-corrected chi connectivity index (χ3v) is 3.18. The zero-order chi connectivity index (χ0) is 13.4. The number of rotatable bonds is 2. The average molecular weight is 261 g/mol. The maximum atomic E-state index is 12.0. The summed E-state index contributed by atoms with van der Waals surface area (Å²) in [5.74, 6) is -0.488. The molecular weight excluding hydrogens is 250 g/mol. The van der Waals surface area contributed by atoms with Crippen molar-refractivity contribution in [1.29, 1.82) is 0 Å². The number of aromatic nitrogens is 2. The molecule has 3 rings (SSSR count). The van der Waals surface area contributed by atoms with Crippen LogP contribution in [0.15, 0.2) is 18.6 Å². The van der Waals surface area contributed by atoms with Crippen molar-refractivity contribution in [2.24, 2.45) is 0 Å². The molecule has 0 atom stereocenters. The zero-order valence-electron chi connectivity index (χ0n) is 9.94. The largest absolute Gasteiger partial charge is 0.333 e. The Morgan fingerprint density at radius 1 is 1.32 bits per heavy atom. The standard InChI is InChI=1S/C11H11N5O3/c17-9-4-14-11(19)16(9)7-5-15(6-7)10(18)8-3-12-1-2-13-8/h1-3,7H,4-6H2,(H,14,19). The Kier molecular flexibility index (Phi) is 2.62. The Bertz CT molecular complexity index is 525. The van der Waals surface area contributed by atoms with Crippen LogP contribution >= 0.6 is 0 Å². The third-order valence-electron chi connectivity index (χ3n) is 3.18. The summed E-state index contributed by atoms with van der Waals surface area (Å²) in [5, 5.41) is 2.46. The van der Waals surface area contributed by atoms with Crippen molar-refractivity contribution in [1.82, 2.24) is 25.1 Å². The van der Waals surface area contributed by atoms with Gasteiger partial charge in [-0.15, -0.1) is 0 Å². The molecule has 2 aliphatic heterocycles. The SMILES string of the molecule is O=C(c1cnccn1)N1CC(N2C(=O)CNC2=O)C1. The highest BCUT2D eigenvalue weighted by molar-refractivity contribution is 6.02. The molecule has 2 saturated heterocycles. The van der Waals surface area contributed by atoms with Gasteiger partial charge in [0.25, 0.3) is 5.91 Å². The summed E-state index contributed by atoms with van der Waals surface area (Å²) < 4.78 is 0. The lowest BCUT2D eigenvalue weighted by Gasteiger charge is -2.42. The maximum absolute atomic E-state index is 12.0. The van der Waals surface area contributed by atoms with E-state index in [0.29, 0.717) is 13.1 Å². The van der Waals surface area contributed by atoms with Crippen LogP contribution in [0.3, 0.4) is 0 Å². The van der Waals surface area contributed by atoms with Crippen molar-refractivity contribution in [3.8, 4) is 0 Å². The molecule has 0 spiro atoms. The topological polar surface area (TPSA) is 95.5 Å². The molecule has 2 aliphatic rings. The molecule has 8 heteroatoms. The molecule has 2 fully saturated rings. The number of amides is 4. The van der Waals surface area contributed by atoms with Gasteiger partial charge in [0.05, 0.1) is 18.8 Å². The summed E-state index contributed by atoms with van der Waals surface area (Å²) in [4.78, 5) is 45.4. The number of likely N-dealkylation sites (tertiary alicyclic amines) is 1. The molecule has 0 unspecified atom stereocenters. The van der Waals surface area contributed by atoms with Crippen LogP contribution in [0.5, 0.6) is 0 Å². The van der Waals surface area contributed by atoms with Crippen LogP contribution in [0, 0.1) is 0 Å². The summed E-state index contributed by atoms with van der Waals surface area (Å²) in [5.41, 5.74) is 0.262. The van der Waals surface area contributed by atoms with Crippen LogP contribution in [0.1, 0.15) is 10.5 Å². The molecule has 0 radical (unpaired) electrons. The van der Waals surface area contributed by atoms with Crippen molar-refractivity contribution >= 4 is 17.8 Å². The van der Waals surface area contributed by atoms with Crippen LogP contribution in [0.25, 0.3) is 0 Å². The van der Waals surface area contributed by atoms with Crippen molar-refractivity contribution in [2.45, 2.75) is 6.04 Å². The summed E-state index contributed by atoms with van der Waals surface area (Å²) in [6.07, 6.45) is 4.33. The van der Waals surface area contributed by atoms with E-state index in [1.54, 1.807) is 0 Å². The Hall–Kier alpha value is -2.51. The Labute approximate surface area is 108 Å². The molecule has 0 bridgehead atoms. The normalized spacial score (nSPS) is 19.4. The molecule has 3 heterocycles. The minimum Gasteiger partial charge on any atom is -0.333 e. The van der Waals surface area contributed by atoms with Gasteiger partial charge in [-0.1, -0.05) is 0 Å². The molecule has 0 aromatic carbocycles. The van der Waals surface area contributed by atoms with Gasteiger partial charge in [-0.05, 0) is 0 Å². The van der Waals surface area contributed by atoms with Crippen molar-refractivity contribution < 1.29 is 14.4 Å². The number of carbonyl (C=O) groups is 3. The highest BCUT2D eigenvalue weighted by Gasteiger charge is 2.43. The smallest absolute Gasteiger partial charge is 0.324 e. The van der Waals surface area contributed by atoms with Crippen LogP contribution in [-0.2, 0) is 4.79 Å². The van der Waals surface area contributed by atoms with Gasteiger partial charge in [-0.25, -0.2) is 9.78 Å². The first kappa shape index (κ1) is 11.6. The lowest BCUT2D eigenvalue weighted by molar-refractivity contribution is -0.128. The van der Waals surface area contributed by atoms with Crippen molar-refractivity contribution in [3.63, 3.8) is 0 Å². The fourth-order valence-corrected chi connectivity index (χ4v) is 2.16. The molecule has 1 aromatic heterocycles. The molecule has 98 valence electrons. The minimum atomic E-state index is -0.387. The average Bonchev–Trinajstić information content (AvgIpc) is 2.70. The number of imide groups is 1. The van der Waals surface area contributed by atoms with E-state index >= 15 is 0 Å². The lowest BCUT2D eigenvalue weighted by Crippen LogP contribution is -2.62. The van der Waals surface area contributed by atoms with E-state index in [9.17, 15) is 14.4 Å². The first-order chi connectivity index (χ1) is 9.16. The lowest BCUT2D eigenvalue weighted by atomic mass is 10.1. The van der Waals surface area contributed by atoms with Gasteiger partial charge in [0.15, 0.2) is 0 Å². The van der Waals surface area contributed by atoms with Gasteiger partial charge >= 0.3 is 6.03 Å².